The highest BCUT2D eigenvalue weighted by Gasteiger charge is 2.21. The van der Waals surface area contributed by atoms with Crippen LogP contribution in [0.1, 0.15) is 31.4 Å². The first-order chi connectivity index (χ1) is 9.13. The van der Waals surface area contributed by atoms with Gasteiger partial charge in [-0.25, -0.2) is 13.1 Å². The van der Waals surface area contributed by atoms with E-state index < -0.39 is 10.0 Å². The fourth-order valence-electron chi connectivity index (χ4n) is 1.93. The van der Waals surface area contributed by atoms with Gasteiger partial charge in [-0.05, 0) is 23.4 Å². The van der Waals surface area contributed by atoms with Gasteiger partial charge in [-0.15, -0.1) is 11.3 Å². The van der Waals surface area contributed by atoms with Gasteiger partial charge in [0.15, 0.2) is 0 Å². The van der Waals surface area contributed by atoms with Crippen molar-refractivity contribution in [2.75, 3.05) is 0 Å². The molecule has 1 aromatic heterocycles. The van der Waals surface area contributed by atoms with E-state index in [-0.39, 0.29) is 6.04 Å². The van der Waals surface area contributed by atoms with Crippen molar-refractivity contribution in [2.45, 2.75) is 30.0 Å². The normalized spacial score (nSPS) is 13.3. The van der Waals surface area contributed by atoms with E-state index >= 15 is 0 Å². The number of benzene rings is 1. The molecular formula is C14H17NO2S2. The van der Waals surface area contributed by atoms with Crippen molar-refractivity contribution in [2.24, 2.45) is 0 Å². The van der Waals surface area contributed by atoms with Crippen molar-refractivity contribution in [3.05, 3.63) is 53.4 Å². The summed E-state index contributed by atoms with van der Waals surface area (Å²) in [5.74, 6) is 0. The lowest BCUT2D eigenvalue weighted by Gasteiger charge is -2.18. The lowest BCUT2D eigenvalue weighted by atomic mass is 10.0. The van der Waals surface area contributed by atoms with Crippen LogP contribution in [0.4, 0.5) is 0 Å². The third-order valence-electron chi connectivity index (χ3n) is 2.84. The van der Waals surface area contributed by atoms with Gasteiger partial charge < -0.3 is 0 Å². The lowest BCUT2D eigenvalue weighted by Crippen LogP contribution is -2.28. The Labute approximate surface area is 118 Å². The molecule has 2 aromatic rings. The van der Waals surface area contributed by atoms with Gasteiger partial charge in [0.1, 0.15) is 4.21 Å². The van der Waals surface area contributed by atoms with E-state index in [2.05, 4.69) is 11.6 Å². The molecule has 0 saturated heterocycles. The molecule has 0 fully saturated rings. The van der Waals surface area contributed by atoms with Crippen molar-refractivity contribution in [3.8, 4) is 0 Å². The Kier molecular flexibility index (Phi) is 4.74. The van der Waals surface area contributed by atoms with Crippen LogP contribution in [-0.2, 0) is 10.0 Å². The maximum atomic E-state index is 12.3. The van der Waals surface area contributed by atoms with Gasteiger partial charge in [0.25, 0.3) is 10.0 Å². The number of sulfonamides is 1. The van der Waals surface area contributed by atoms with Gasteiger partial charge in [0, 0.05) is 6.04 Å². The van der Waals surface area contributed by atoms with Gasteiger partial charge in [0.2, 0.25) is 0 Å². The SMILES string of the molecule is CCCC(NS(=O)(=O)c1cccs1)c1ccccc1. The summed E-state index contributed by atoms with van der Waals surface area (Å²) < 4.78 is 27.7. The number of hydrogen-bond donors (Lipinski definition) is 1. The van der Waals surface area contributed by atoms with E-state index in [1.54, 1.807) is 17.5 Å². The number of rotatable bonds is 6. The van der Waals surface area contributed by atoms with Crippen LogP contribution in [-0.4, -0.2) is 8.42 Å². The number of hydrogen-bond acceptors (Lipinski definition) is 3. The molecule has 19 heavy (non-hydrogen) atoms. The predicted molar refractivity (Wildman–Crippen MR) is 78.7 cm³/mol. The minimum absolute atomic E-state index is 0.168. The van der Waals surface area contributed by atoms with E-state index in [4.69, 9.17) is 0 Å². The van der Waals surface area contributed by atoms with E-state index in [1.165, 1.54) is 11.3 Å². The summed E-state index contributed by atoms with van der Waals surface area (Å²) in [6.07, 6.45) is 1.71. The zero-order valence-corrected chi connectivity index (χ0v) is 12.4. The van der Waals surface area contributed by atoms with Crippen molar-refractivity contribution in [1.29, 1.82) is 0 Å². The second-order valence-corrected chi connectivity index (χ2v) is 7.19. The molecule has 0 radical (unpaired) electrons. The Bertz CT molecular complexity index is 592. The molecule has 0 saturated carbocycles. The molecular weight excluding hydrogens is 278 g/mol. The van der Waals surface area contributed by atoms with Crippen LogP contribution >= 0.6 is 11.3 Å². The minimum Gasteiger partial charge on any atom is -0.206 e. The molecule has 0 aliphatic rings. The van der Waals surface area contributed by atoms with Gasteiger partial charge in [-0.3, -0.25) is 0 Å². The zero-order chi connectivity index (χ0) is 13.7. The van der Waals surface area contributed by atoms with Gasteiger partial charge >= 0.3 is 0 Å². The van der Waals surface area contributed by atoms with Crippen LogP contribution in [0.5, 0.6) is 0 Å². The predicted octanol–water partition coefficient (Wildman–Crippen LogP) is 3.57. The van der Waals surface area contributed by atoms with Crippen molar-refractivity contribution < 1.29 is 8.42 Å². The second kappa shape index (κ2) is 6.32. The molecule has 1 unspecified atom stereocenters. The average Bonchev–Trinajstić information content (AvgIpc) is 2.94. The van der Waals surface area contributed by atoms with E-state index in [1.807, 2.05) is 30.3 Å². The topological polar surface area (TPSA) is 46.2 Å². The third-order valence-corrected chi connectivity index (χ3v) is 5.71. The smallest absolute Gasteiger partial charge is 0.206 e. The highest BCUT2D eigenvalue weighted by Crippen LogP contribution is 2.23. The minimum atomic E-state index is -3.42. The van der Waals surface area contributed by atoms with Crippen LogP contribution < -0.4 is 4.72 Å². The van der Waals surface area contributed by atoms with Gasteiger partial charge in [-0.2, -0.15) is 0 Å². The lowest BCUT2D eigenvalue weighted by molar-refractivity contribution is 0.537. The zero-order valence-electron chi connectivity index (χ0n) is 10.7. The Morgan fingerprint density at radius 3 is 2.47 bits per heavy atom. The van der Waals surface area contributed by atoms with Crippen molar-refractivity contribution in [1.82, 2.24) is 4.72 Å². The Balaban J connectivity index is 2.23. The standard InChI is InChI=1S/C14H17NO2S2/c1-2-7-13(12-8-4-3-5-9-12)15-19(16,17)14-10-6-11-18-14/h3-6,8-11,13,15H,2,7H2,1H3. The van der Waals surface area contributed by atoms with Gasteiger partial charge in [0.05, 0.1) is 0 Å². The number of thiophene rings is 1. The quantitative estimate of drug-likeness (QED) is 0.885. The molecule has 102 valence electrons. The van der Waals surface area contributed by atoms with Crippen LogP contribution in [0.25, 0.3) is 0 Å². The summed E-state index contributed by atoms with van der Waals surface area (Å²) in [6.45, 7) is 2.05. The van der Waals surface area contributed by atoms with Crippen LogP contribution in [0.2, 0.25) is 0 Å². The molecule has 1 aromatic carbocycles. The summed E-state index contributed by atoms with van der Waals surface area (Å²) in [7, 11) is -3.42. The van der Waals surface area contributed by atoms with Crippen molar-refractivity contribution in [3.63, 3.8) is 0 Å². The van der Waals surface area contributed by atoms with Crippen LogP contribution in [0.15, 0.2) is 52.1 Å². The summed E-state index contributed by atoms with van der Waals surface area (Å²) in [6, 6.07) is 12.9. The van der Waals surface area contributed by atoms with Gasteiger partial charge in [-0.1, -0.05) is 49.7 Å². The molecule has 0 amide bonds. The molecule has 0 bridgehead atoms. The molecule has 1 N–H and O–H groups in total. The maximum absolute atomic E-state index is 12.3. The first-order valence-corrected chi connectivity index (χ1v) is 8.60. The van der Waals surface area contributed by atoms with Crippen LogP contribution in [0, 0.1) is 0 Å². The largest absolute Gasteiger partial charge is 0.250 e. The summed E-state index contributed by atoms with van der Waals surface area (Å²) >= 11 is 1.23. The molecule has 3 nitrogen and oxygen atoms in total. The van der Waals surface area contributed by atoms with Crippen molar-refractivity contribution >= 4 is 21.4 Å². The first-order valence-electron chi connectivity index (χ1n) is 6.24. The summed E-state index contributed by atoms with van der Waals surface area (Å²) in [5, 5.41) is 1.77. The van der Waals surface area contributed by atoms with E-state index in [0.717, 1.165) is 18.4 Å². The van der Waals surface area contributed by atoms with E-state index in [9.17, 15) is 8.42 Å². The molecule has 5 heteroatoms. The third kappa shape index (κ3) is 3.65. The molecule has 1 atom stereocenters. The summed E-state index contributed by atoms with van der Waals surface area (Å²) in [5.41, 5.74) is 1.00. The number of nitrogens with one attached hydrogen (secondary N) is 1. The molecule has 2 rings (SSSR count). The average molecular weight is 295 g/mol. The Morgan fingerprint density at radius 2 is 1.89 bits per heavy atom. The Hall–Kier alpha value is -1.17. The molecule has 0 aliphatic carbocycles. The summed E-state index contributed by atoms with van der Waals surface area (Å²) in [4.78, 5) is 0. The fourth-order valence-corrected chi connectivity index (χ4v) is 4.20. The van der Waals surface area contributed by atoms with E-state index in [0.29, 0.717) is 4.21 Å². The second-order valence-electron chi connectivity index (χ2n) is 4.31. The molecule has 1 heterocycles. The first kappa shape index (κ1) is 14.2. The molecule has 0 aliphatic heterocycles. The maximum Gasteiger partial charge on any atom is 0.250 e. The van der Waals surface area contributed by atoms with Crippen LogP contribution in [0.3, 0.4) is 0 Å². The monoisotopic (exact) mass is 295 g/mol. The fraction of sp³-hybridized carbons (Fsp3) is 0.286. The highest BCUT2D eigenvalue weighted by atomic mass is 32.2. The molecule has 0 spiro atoms. The Morgan fingerprint density at radius 1 is 1.16 bits per heavy atom. The highest BCUT2D eigenvalue weighted by molar-refractivity contribution is 7.91.